The van der Waals surface area contributed by atoms with Crippen molar-refractivity contribution >= 4 is 27.2 Å². The van der Waals surface area contributed by atoms with Gasteiger partial charge in [0.15, 0.2) is 0 Å². The third-order valence-corrected chi connectivity index (χ3v) is 4.41. The zero-order valence-corrected chi connectivity index (χ0v) is 12.3. The van der Waals surface area contributed by atoms with Crippen molar-refractivity contribution in [3.8, 4) is 0 Å². The van der Waals surface area contributed by atoms with Crippen molar-refractivity contribution in [3.05, 3.63) is 0 Å². The van der Waals surface area contributed by atoms with Gasteiger partial charge >= 0.3 is 0 Å². The molecule has 0 fully saturated rings. The minimum Gasteiger partial charge on any atom is -0.393 e. The number of nitrogens with two attached hydrogens (primary N) is 1. The lowest BCUT2D eigenvalue weighted by Gasteiger charge is -2.25. The van der Waals surface area contributed by atoms with Crippen molar-refractivity contribution in [2.24, 2.45) is 16.6 Å². The highest BCUT2D eigenvalue weighted by Gasteiger charge is 2.26. The molecule has 3 N–H and O–H groups in total. The molecular formula is C10H22N2O2S2. The van der Waals surface area contributed by atoms with Gasteiger partial charge in [0.05, 0.1) is 10.7 Å². The van der Waals surface area contributed by atoms with Crippen LogP contribution in [0.25, 0.3) is 0 Å². The summed E-state index contributed by atoms with van der Waals surface area (Å²) >= 11 is 4.87. The van der Waals surface area contributed by atoms with Crippen molar-refractivity contribution < 1.29 is 8.42 Å². The molecule has 16 heavy (non-hydrogen) atoms. The predicted octanol–water partition coefficient (Wildman–Crippen LogP) is 1.26. The van der Waals surface area contributed by atoms with Crippen LogP contribution in [-0.4, -0.2) is 25.7 Å². The first kappa shape index (κ1) is 15.8. The fraction of sp³-hybridized carbons (Fsp3) is 0.900. The van der Waals surface area contributed by atoms with Crippen molar-refractivity contribution in [2.45, 2.75) is 34.6 Å². The minimum absolute atomic E-state index is 0.0907. The first-order chi connectivity index (χ1) is 6.86. The van der Waals surface area contributed by atoms with E-state index in [0.717, 1.165) is 0 Å². The maximum absolute atomic E-state index is 11.7. The molecule has 0 saturated heterocycles. The average molecular weight is 266 g/mol. The number of hydrogen-bond donors (Lipinski definition) is 2. The van der Waals surface area contributed by atoms with Crippen LogP contribution in [0.3, 0.4) is 0 Å². The van der Waals surface area contributed by atoms with E-state index in [1.165, 1.54) is 0 Å². The van der Waals surface area contributed by atoms with E-state index in [9.17, 15) is 8.42 Å². The molecule has 0 unspecified atom stereocenters. The second-order valence-corrected chi connectivity index (χ2v) is 8.14. The molecule has 0 aromatic heterocycles. The molecular weight excluding hydrogens is 244 g/mol. The van der Waals surface area contributed by atoms with Gasteiger partial charge < -0.3 is 5.73 Å². The largest absolute Gasteiger partial charge is 0.393 e. The van der Waals surface area contributed by atoms with Gasteiger partial charge in [-0.15, -0.1) is 0 Å². The SMILES string of the molecule is CC(C)(C)CS(=O)(=O)NCC(C)(C)C(N)=S. The Kier molecular flexibility index (Phi) is 4.91. The van der Waals surface area contributed by atoms with E-state index < -0.39 is 15.4 Å². The summed E-state index contributed by atoms with van der Waals surface area (Å²) in [5.74, 6) is 0.0907. The first-order valence-electron chi connectivity index (χ1n) is 5.13. The summed E-state index contributed by atoms with van der Waals surface area (Å²) in [5.41, 5.74) is 4.76. The first-order valence-corrected chi connectivity index (χ1v) is 7.19. The Morgan fingerprint density at radius 1 is 1.25 bits per heavy atom. The molecule has 96 valence electrons. The van der Waals surface area contributed by atoms with E-state index in [2.05, 4.69) is 4.72 Å². The van der Waals surface area contributed by atoms with Gasteiger partial charge in [0.1, 0.15) is 0 Å². The molecule has 0 rings (SSSR count). The molecule has 0 amide bonds. The normalized spacial score (nSPS) is 13.8. The summed E-state index contributed by atoms with van der Waals surface area (Å²) < 4.78 is 26.0. The van der Waals surface area contributed by atoms with E-state index in [1.807, 2.05) is 34.6 Å². The third kappa shape index (κ3) is 6.40. The van der Waals surface area contributed by atoms with Crippen LogP contribution in [0.5, 0.6) is 0 Å². The molecule has 0 radical (unpaired) electrons. The standard InChI is InChI=1S/C10H22N2O2S2/c1-9(2,3)7-16(13,14)12-6-10(4,5)8(11)15/h12H,6-7H2,1-5H3,(H2,11,15). The lowest BCUT2D eigenvalue weighted by atomic mass is 9.94. The Bertz CT molecular complexity index is 354. The molecule has 0 saturated carbocycles. The summed E-state index contributed by atoms with van der Waals surface area (Å²) in [5, 5.41) is 0. The van der Waals surface area contributed by atoms with Crippen LogP contribution < -0.4 is 10.5 Å². The van der Waals surface area contributed by atoms with Crippen LogP contribution in [0.1, 0.15) is 34.6 Å². The highest BCUT2D eigenvalue weighted by molar-refractivity contribution is 7.89. The third-order valence-electron chi connectivity index (χ3n) is 2.02. The van der Waals surface area contributed by atoms with E-state index in [1.54, 1.807) is 0 Å². The van der Waals surface area contributed by atoms with Crippen LogP contribution in [0.15, 0.2) is 0 Å². The van der Waals surface area contributed by atoms with E-state index >= 15 is 0 Å². The zero-order valence-electron chi connectivity index (χ0n) is 10.6. The number of sulfonamides is 1. The monoisotopic (exact) mass is 266 g/mol. The van der Waals surface area contributed by atoms with Gasteiger partial charge in [-0.25, -0.2) is 13.1 Å². The van der Waals surface area contributed by atoms with Crippen molar-refractivity contribution in [2.75, 3.05) is 12.3 Å². The zero-order chi connectivity index (χ0) is 13.2. The highest BCUT2D eigenvalue weighted by Crippen LogP contribution is 2.17. The van der Waals surface area contributed by atoms with E-state index in [-0.39, 0.29) is 17.7 Å². The van der Waals surface area contributed by atoms with Gasteiger partial charge in [-0.2, -0.15) is 0 Å². The second-order valence-electron chi connectivity index (χ2n) is 5.89. The quantitative estimate of drug-likeness (QED) is 0.735. The Hall–Kier alpha value is -0.200. The highest BCUT2D eigenvalue weighted by atomic mass is 32.2. The maximum atomic E-state index is 11.7. The Balaban J connectivity index is 4.48. The van der Waals surface area contributed by atoms with Crippen LogP contribution in [0.2, 0.25) is 0 Å². The summed E-state index contributed by atoms with van der Waals surface area (Å²) in [6.07, 6.45) is 0. The number of rotatable bonds is 5. The van der Waals surface area contributed by atoms with E-state index in [0.29, 0.717) is 4.99 Å². The summed E-state index contributed by atoms with van der Waals surface area (Å²) in [6.45, 7) is 9.51. The molecule has 0 bridgehead atoms. The van der Waals surface area contributed by atoms with Gasteiger partial charge in [-0.05, 0) is 5.41 Å². The van der Waals surface area contributed by atoms with Crippen LogP contribution in [0, 0.1) is 10.8 Å². The summed E-state index contributed by atoms with van der Waals surface area (Å²) in [4.78, 5) is 0.311. The topological polar surface area (TPSA) is 72.2 Å². The second kappa shape index (κ2) is 4.98. The van der Waals surface area contributed by atoms with Crippen LogP contribution in [0.4, 0.5) is 0 Å². The average Bonchev–Trinajstić information content (AvgIpc) is 1.96. The van der Waals surface area contributed by atoms with Gasteiger partial charge in [0.2, 0.25) is 10.0 Å². The minimum atomic E-state index is -3.27. The molecule has 6 heteroatoms. The Labute approximate surface area is 104 Å². The molecule has 0 aliphatic rings. The molecule has 0 heterocycles. The van der Waals surface area contributed by atoms with Gasteiger partial charge in [-0.1, -0.05) is 46.8 Å². The summed E-state index contributed by atoms with van der Waals surface area (Å²) in [7, 11) is -3.27. The smallest absolute Gasteiger partial charge is 0.212 e. The number of thiocarbonyl (C=S) groups is 1. The fourth-order valence-corrected chi connectivity index (χ4v) is 2.89. The Morgan fingerprint density at radius 2 is 1.69 bits per heavy atom. The molecule has 0 spiro atoms. The molecule has 0 aliphatic carbocycles. The molecule has 0 aliphatic heterocycles. The molecule has 0 aromatic rings. The van der Waals surface area contributed by atoms with Gasteiger partial charge in [-0.3, -0.25) is 0 Å². The molecule has 0 atom stereocenters. The van der Waals surface area contributed by atoms with Gasteiger partial charge in [0, 0.05) is 12.0 Å². The number of nitrogens with one attached hydrogen (secondary N) is 1. The fourth-order valence-electron chi connectivity index (χ4n) is 0.999. The predicted molar refractivity (Wildman–Crippen MR) is 71.8 cm³/mol. The maximum Gasteiger partial charge on any atom is 0.212 e. The molecule has 4 nitrogen and oxygen atoms in total. The lowest BCUT2D eigenvalue weighted by molar-refractivity contribution is 0.450. The molecule has 0 aromatic carbocycles. The van der Waals surface area contributed by atoms with Crippen molar-refractivity contribution in [3.63, 3.8) is 0 Å². The number of hydrogen-bond acceptors (Lipinski definition) is 3. The van der Waals surface area contributed by atoms with Crippen molar-refractivity contribution in [1.82, 2.24) is 4.72 Å². The van der Waals surface area contributed by atoms with E-state index in [4.69, 9.17) is 18.0 Å². The van der Waals surface area contributed by atoms with Crippen LogP contribution >= 0.6 is 12.2 Å². The van der Waals surface area contributed by atoms with Crippen LogP contribution in [-0.2, 0) is 10.0 Å². The van der Waals surface area contributed by atoms with Crippen molar-refractivity contribution in [1.29, 1.82) is 0 Å². The van der Waals surface area contributed by atoms with Gasteiger partial charge in [0.25, 0.3) is 0 Å². The lowest BCUT2D eigenvalue weighted by Crippen LogP contribution is -2.43. The summed E-state index contributed by atoms with van der Waals surface area (Å²) in [6, 6.07) is 0. The Morgan fingerprint density at radius 3 is 2.00 bits per heavy atom.